The number of hydrogen-bond donors (Lipinski definition) is 2. The second kappa shape index (κ2) is 7.34. The van der Waals surface area contributed by atoms with Gasteiger partial charge in [-0.1, -0.05) is 6.42 Å². The molecule has 3 nitrogen and oxygen atoms in total. The van der Waals surface area contributed by atoms with Gasteiger partial charge in [0.2, 0.25) is 0 Å². The number of rotatable bonds is 9. The fourth-order valence-corrected chi connectivity index (χ4v) is 2.81. The summed E-state index contributed by atoms with van der Waals surface area (Å²) in [6.07, 6.45) is 8.01. The van der Waals surface area contributed by atoms with Crippen LogP contribution in [0.4, 0.5) is 0 Å². The van der Waals surface area contributed by atoms with E-state index in [1.165, 1.54) is 32.1 Å². The van der Waals surface area contributed by atoms with Crippen LogP contribution in [0.5, 0.6) is 0 Å². The summed E-state index contributed by atoms with van der Waals surface area (Å²) in [7, 11) is 0. The average molecular weight is 240 g/mol. The van der Waals surface area contributed by atoms with Crippen molar-refractivity contribution in [3.05, 3.63) is 0 Å². The number of hydrogen-bond acceptors (Lipinski definition) is 3. The molecule has 2 unspecified atom stereocenters. The highest BCUT2D eigenvalue weighted by Gasteiger charge is 2.25. The molecule has 0 aliphatic heterocycles. The van der Waals surface area contributed by atoms with Crippen molar-refractivity contribution in [2.24, 2.45) is 23.5 Å². The smallest absolute Gasteiger partial charge is 0.0494 e. The molecule has 0 spiro atoms. The van der Waals surface area contributed by atoms with E-state index in [2.05, 4.69) is 5.32 Å². The average Bonchev–Trinajstić information content (AvgIpc) is 3.05. The quantitative estimate of drug-likeness (QED) is 0.604. The first-order chi connectivity index (χ1) is 8.40. The van der Waals surface area contributed by atoms with Crippen LogP contribution in [0.3, 0.4) is 0 Å². The molecule has 0 aromatic carbocycles. The van der Waals surface area contributed by atoms with Crippen LogP contribution < -0.4 is 11.1 Å². The third-order valence-corrected chi connectivity index (χ3v) is 4.22. The minimum absolute atomic E-state index is 0.772. The number of ether oxygens (including phenoxy) is 1. The molecule has 0 saturated heterocycles. The molecule has 100 valence electrons. The van der Waals surface area contributed by atoms with E-state index in [9.17, 15) is 0 Å². The van der Waals surface area contributed by atoms with E-state index >= 15 is 0 Å². The molecule has 2 fully saturated rings. The predicted octanol–water partition coefficient (Wildman–Crippen LogP) is 1.77. The lowest BCUT2D eigenvalue weighted by atomic mass is 9.96. The lowest BCUT2D eigenvalue weighted by molar-refractivity contribution is 0.121. The Kier molecular flexibility index (Phi) is 5.75. The van der Waals surface area contributed by atoms with Gasteiger partial charge in [-0.05, 0) is 69.5 Å². The maximum absolute atomic E-state index is 5.78. The van der Waals surface area contributed by atoms with Crippen molar-refractivity contribution in [3.8, 4) is 0 Å². The monoisotopic (exact) mass is 240 g/mol. The summed E-state index contributed by atoms with van der Waals surface area (Å²) < 4.78 is 5.61. The van der Waals surface area contributed by atoms with Crippen molar-refractivity contribution in [3.63, 3.8) is 0 Å². The molecule has 3 N–H and O–H groups in total. The Hall–Kier alpha value is -0.120. The highest BCUT2D eigenvalue weighted by Crippen LogP contribution is 2.30. The van der Waals surface area contributed by atoms with Crippen LogP contribution in [0.2, 0.25) is 0 Å². The molecule has 2 saturated carbocycles. The standard InChI is InChI=1S/C14H28N2O/c15-9-13-3-1-4-14(13)10-16-7-2-8-17-11-12-5-6-12/h12-14,16H,1-11,15H2. The van der Waals surface area contributed by atoms with Crippen LogP contribution in [0.25, 0.3) is 0 Å². The Bertz CT molecular complexity index is 206. The van der Waals surface area contributed by atoms with E-state index < -0.39 is 0 Å². The summed E-state index contributed by atoms with van der Waals surface area (Å²) in [6.45, 7) is 5.05. The van der Waals surface area contributed by atoms with E-state index in [1.54, 1.807) is 0 Å². The first-order valence-electron chi connectivity index (χ1n) is 7.38. The molecule has 0 aromatic rings. The minimum Gasteiger partial charge on any atom is -0.381 e. The largest absolute Gasteiger partial charge is 0.381 e. The highest BCUT2D eigenvalue weighted by atomic mass is 16.5. The zero-order valence-electron chi connectivity index (χ0n) is 11.0. The lowest BCUT2D eigenvalue weighted by Crippen LogP contribution is -2.29. The van der Waals surface area contributed by atoms with E-state index in [0.717, 1.165) is 57.0 Å². The zero-order chi connectivity index (χ0) is 11.9. The van der Waals surface area contributed by atoms with Gasteiger partial charge in [-0.3, -0.25) is 0 Å². The van der Waals surface area contributed by atoms with Crippen LogP contribution in [0, 0.1) is 17.8 Å². The fraction of sp³-hybridized carbons (Fsp3) is 1.00. The summed E-state index contributed by atoms with van der Waals surface area (Å²) in [5.41, 5.74) is 5.78. The maximum atomic E-state index is 5.78. The van der Waals surface area contributed by atoms with Crippen LogP contribution in [0.15, 0.2) is 0 Å². The van der Waals surface area contributed by atoms with Crippen LogP contribution in [-0.2, 0) is 4.74 Å². The first-order valence-corrected chi connectivity index (χ1v) is 7.38. The van der Waals surface area contributed by atoms with Crippen molar-refractivity contribution in [1.82, 2.24) is 5.32 Å². The first kappa shape index (κ1) is 13.3. The summed E-state index contributed by atoms with van der Waals surface area (Å²) in [4.78, 5) is 0. The molecule has 3 heteroatoms. The van der Waals surface area contributed by atoms with Gasteiger partial charge >= 0.3 is 0 Å². The second-order valence-electron chi connectivity index (χ2n) is 5.76. The summed E-state index contributed by atoms with van der Waals surface area (Å²) in [5, 5.41) is 3.56. The molecule has 0 bridgehead atoms. The Balaban J connectivity index is 1.40. The Morgan fingerprint density at radius 3 is 2.71 bits per heavy atom. The van der Waals surface area contributed by atoms with Gasteiger partial charge in [-0.25, -0.2) is 0 Å². The zero-order valence-corrected chi connectivity index (χ0v) is 11.0. The van der Waals surface area contributed by atoms with Gasteiger partial charge < -0.3 is 15.8 Å². The summed E-state index contributed by atoms with van der Waals surface area (Å²) in [5.74, 6) is 2.49. The van der Waals surface area contributed by atoms with Crippen LogP contribution in [0.1, 0.15) is 38.5 Å². The number of nitrogens with one attached hydrogen (secondary N) is 1. The van der Waals surface area contributed by atoms with Gasteiger partial charge in [0, 0.05) is 13.2 Å². The molecule has 2 aliphatic carbocycles. The SMILES string of the molecule is NCC1CCCC1CNCCCOCC1CC1. The minimum atomic E-state index is 0.772. The Labute approximate surface area is 105 Å². The molecule has 0 heterocycles. The van der Waals surface area contributed by atoms with Gasteiger partial charge in [0.25, 0.3) is 0 Å². The molecule has 0 aromatic heterocycles. The third-order valence-electron chi connectivity index (χ3n) is 4.22. The summed E-state index contributed by atoms with van der Waals surface area (Å²) in [6, 6.07) is 0. The van der Waals surface area contributed by atoms with Gasteiger partial charge in [0.1, 0.15) is 0 Å². The van der Waals surface area contributed by atoms with Crippen LogP contribution >= 0.6 is 0 Å². The predicted molar refractivity (Wildman–Crippen MR) is 70.9 cm³/mol. The van der Waals surface area contributed by atoms with Crippen molar-refractivity contribution >= 4 is 0 Å². The van der Waals surface area contributed by atoms with Gasteiger partial charge in [0.15, 0.2) is 0 Å². The molecule has 0 amide bonds. The van der Waals surface area contributed by atoms with E-state index in [4.69, 9.17) is 10.5 Å². The fourth-order valence-electron chi connectivity index (χ4n) is 2.81. The van der Waals surface area contributed by atoms with E-state index in [0.29, 0.717) is 0 Å². The Morgan fingerprint density at radius 2 is 1.94 bits per heavy atom. The van der Waals surface area contributed by atoms with Gasteiger partial charge in [-0.15, -0.1) is 0 Å². The van der Waals surface area contributed by atoms with E-state index in [-0.39, 0.29) is 0 Å². The van der Waals surface area contributed by atoms with Crippen molar-refractivity contribution < 1.29 is 4.74 Å². The topological polar surface area (TPSA) is 47.3 Å². The molecular formula is C14H28N2O. The molecule has 17 heavy (non-hydrogen) atoms. The summed E-state index contributed by atoms with van der Waals surface area (Å²) >= 11 is 0. The highest BCUT2D eigenvalue weighted by molar-refractivity contribution is 4.79. The molecule has 2 rings (SSSR count). The van der Waals surface area contributed by atoms with Gasteiger partial charge in [-0.2, -0.15) is 0 Å². The molecule has 2 atom stereocenters. The lowest BCUT2D eigenvalue weighted by Gasteiger charge is -2.18. The third kappa shape index (κ3) is 4.94. The van der Waals surface area contributed by atoms with Gasteiger partial charge in [0.05, 0.1) is 0 Å². The molecular weight excluding hydrogens is 212 g/mol. The molecule has 2 aliphatic rings. The van der Waals surface area contributed by atoms with Crippen molar-refractivity contribution in [2.45, 2.75) is 38.5 Å². The van der Waals surface area contributed by atoms with Crippen molar-refractivity contribution in [2.75, 3.05) is 32.8 Å². The Morgan fingerprint density at radius 1 is 1.12 bits per heavy atom. The second-order valence-corrected chi connectivity index (χ2v) is 5.76. The maximum Gasteiger partial charge on any atom is 0.0494 e. The molecule has 0 radical (unpaired) electrons. The van der Waals surface area contributed by atoms with Crippen LogP contribution in [-0.4, -0.2) is 32.8 Å². The van der Waals surface area contributed by atoms with Crippen molar-refractivity contribution in [1.29, 1.82) is 0 Å². The number of nitrogens with two attached hydrogens (primary N) is 1. The van der Waals surface area contributed by atoms with E-state index in [1.807, 2.05) is 0 Å². The normalized spacial score (nSPS) is 28.8.